The van der Waals surface area contributed by atoms with Gasteiger partial charge in [0.25, 0.3) is 0 Å². The van der Waals surface area contributed by atoms with Crippen LogP contribution in [0.2, 0.25) is 0 Å². The van der Waals surface area contributed by atoms with Crippen LogP contribution in [0, 0.1) is 0 Å². The summed E-state index contributed by atoms with van der Waals surface area (Å²) in [5, 5.41) is 12.8. The minimum atomic E-state index is -4.51. The van der Waals surface area contributed by atoms with Gasteiger partial charge in [0.15, 0.2) is 5.82 Å². The van der Waals surface area contributed by atoms with Gasteiger partial charge < -0.3 is 20.3 Å². The average Bonchev–Trinajstić information content (AvgIpc) is 3.29. The molecule has 2 aliphatic rings. The number of anilines is 1. The smallest absolute Gasteiger partial charge is 0.391 e. The number of aliphatic hydroxyl groups is 1. The topological polar surface area (TPSA) is 106 Å². The molecule has 0 unspecified atom stereocenters. The van der Waals surface area contributed by atoms with Crippen molar-refractivity contribution < 1.29 is 23.1 Å². The van der Waals surface area contributed by atoms with Crippen molar-refractivity contribution in [3.05, 3.63) is 29.2 Å². The lowest BCUT2D eigenvalue weighted by atomic mass is 10.2. The molecule has 0 radical (unpaired) electrons. The fourth-order valence-electron chi connectivity index (χ4n) is 3.59. The second-order valence-corrected chi connectivity index (χ2v) is 6.97. The highest BCUT2D eigenvalue weighted by Gasteiger charge is 2.38. The molecule has 3 N–H and O–H groups in total. The normalized spacial score (nSPS) is 21.3. The predicted octanol–water partition coefficient (Wildman–Crippen LogP) is -0.106. The molecule has 2 atom stereocenters. The molecule has 0 saturated carbocycles. The van der Waals surface area contributed by atoms with Gasteiger partial charge in [-0.15, -0.1) is 0 Å². The first kappa shape index (κ1) is 19.4. The Bertz CT molecular complexity index is 1030. The summed E-state index contributed by atoms with van der Waals surface area (Å²) in [7, 11) is 0. The number of carbonyl (C=O) groups excluding carboxylic acids is 1. The highest BCUT2D eigenvalue weighted by Crippen LogP contribution is 2.26. The molecule has 4 heterocycles. The van der Waals surface area contributed by atoms with Crippen LogP contribution in [0.4, 0.5) is 19.0 Å². The van der Waals surface area contributed by atoms with Crippen LogP contribution in [0.3, 0.4) is 0 Å². The number of aliphatic hydroxyl groups excluding tert-OH is 1. The van der Waals surface area contributed by atoms with Gasteiger partial charge in [-0.05, 0) is 12.5 Å². The van der Waals surface area contributed by atoms with E-state index < -0.39 is 30.8 Å². The molecule has 0 bridgehead atoms. The van der Waals surface area contributed by atoms with Gasteiger partial charge in [0.05, 0.1) is 6.10 Å². The third kappa shape index (κ3) is 4.09. The van der Waals surface area contributed by atoms with Crippen LogP contribution in [0.1, 0.15) is 12.8 Å². The Balaban J connectivity index is 1.62. The van der Waals surface area contributed by atoms with Crippen LogP contribution in [-0.4, -0.2) is 63.9 Å². The number of nitrogens with one attached hydrogen (secondary N) is 2. The monoisotopic (exact) mass is 408 g/mol. The summed E-state index contributed by atoms with van der Waals surface area (Å²) in [4.78, 5) is 30.1. The molecule has 11 heteroatoms. The van der Waals surface area contributed by atoms with Crippen LogP contribution in [0.25, 0.3) is 17.5 Å². The van der Waals surface area contributed by atoms with Gasteiger partial charge in [0.2, 0.25) is 5.91 Å². The van der Waals surface area contributed by atoms with Gasteiger partial charge in [0, 0.05) is 42.7 Å². The summed E-state index contributed by atoms with van der Waals surface area (Å²) in [6, 6.07) is 0.621. The standard InChI is InChI=1S/C18H19F3N6O2/c19-18(20,21)9-25-17(29)13-6-10(28)8-27(13)14-3-5-23-16(26-14)12-7-24-15-11(12)2-1-4-22-15/h2-3,5,7,10,13,28H,1,4,6,8-9H2,(H,22,24)(H,25,29)/t10-,13+/m0/s1. The SMILES string of the molecule is O=C(NCC(F)(F)F)[C@H]1C[C@H](O)CN1c1ccnc(-c2c[nH]c3c2=CCCN=3)n1. The van der Waals surface area contributed by atoms with E-state index in [0.717, 1.165) is 22.7 Å². The number of rotatable bonds is 4. The maximum atomic E-state index is 12.4. The summed E-state index contributed by atoms with van der Waals surface area (Å²) in [6.07, 6.45) is 0.786. The van der Waals surface area contributed by atoms with E-state index in [9.17, 15) is 23.1 Å². The van der Waals surface area contributed by atoms with Crippen LogP contribution >= 0.6 is 0 Å². The number of alkyl halides is 3. The van der Waals surface area contributed by atoms with Gasteiger partial charge in [-0.25, -0.2) is 9.97 Å². The second-order valence-electron chi connectivity index (χ2n) is 6.97. The Kier molecular flexibility index (Phi) is 4.99. The van der Waals surface area contributed by atoms with Crippen LogP contribution in [0.5, 0.6) is 0 Å². The highest BCUT2D eigenvalue weighted by atomic mass is 19.4. The number of carbonyl (C=O) groups is 1. The first-order valence-corrected chi connectivity index (χ1v) is 9.16. The molecular formula is C18H19F3N6O2. The molecule has 1 fully saturated rings. The Hall–Kier alpha value is -2.95. The molecule has 0 spiro atoms. The fourth-order valence-corrected chi connectivity index (χ4v) is 3.59. The zero-order valence-corrected chi connectivity index (χ0v) is 15.3. The summed E-state index contributed by atoms with van der Waals surface area (Å²) >= 11 is 0. The Morgan fingerprint density at radius 3 is 3.03 bits per heavy atom. The largest absolute Gasteiger partial charge is 0.405 e. The lowest BCUT2D eigenvalue weighted by Crippen LogP contribution is -2.46. The molecule has 0 aliphatic carbocycles. The number of fused-ring (bicyclic) bond motifs is 1. The molecule has 2 aliphatic heterocycles. The van der Waals surface area contributed by atoms with E-state index in [1.807, 2.05) is 11.4 Å². The lowest BCUT2D eigenvalue weighted by molar-refractivity contribution is -0.139. The van der Waals surface area contributed by atoms with Crippen LogP contribution in [-0.2, 0) is 4.79 Å². The van der Waals surface area contributed by atoms with Gasteiger partial charge in [0.1, 0.15) is 23.9 Å². The van der Waals surface area contributed by atoms with Gasteiger partial charge in [-0.2, -0.15) is 13.2 Å². The highest BCUT2D eigenvalue weighted by molar-refractivity contribution is 5.85. The quantitative estimate of drug-likeness (QED) is 0.655. The molecule has 4 rings (SSSR count). The van der Waals surface area contributed by atoms with E-state index >= 15 is 0 Å². The van der Waals surface area contributed by atoms with Crippen molar-refractivity contribution in [3.63, 3.8) is 0 Å². The first-order chi connectivity index (χ1) is 13.8. The second kappa shape index (κ2) is 7.47. The maximum Gasteiger partial charge on any atom is 0.405 e. The number of amides is 1. The minimum absolute atomic E-state index is 0.0231. The van der Waals surface area contributed by atoms with E-state index in [0.29, 0.717) is 18.2 Å². The van der Waals surface area contributed by atoms with Crippen molar-refractivity contribution in [2.45, 2.75) is 31.2 Å². The molecule has 1 saturated heterocycles. The first-order valence-electron chi connectivity index (χ1n) is 9.16. The number of hydrogen-bond donors (Lipinski definition) is 3. The van der Waals surface area contributed by atoms with E-state index in [4.69, 9.17) is 0 Å². The van der Waals surface area contributed by atoms with E-state index in [1.54, 1.807) is 12.3 Å². The number of nitrogens with zero attached hydrogens (tertiary/aromatic N) is 4. The fraction of sp³-hybridized carbons (Fsp3) is 0.444. The van der Waals surface area contributed by atoms with Gasteiger partial charge >= 0.3 is 6.18 Å². The number of hydrogen-bond acceptors (Lipinski definition) is 6. The molecule has 8 nitrogen and oxygen atoms in total. The Morgan fingerprint density at radius 2 is 2.24 bits per heavy atom. The lowest BCUT2D eigenvalue weighted by Gasteiger charge is -2.25. The number of β-amino-alcohol motifs (C(OH)–C–C–N with tert-alkyl or cyclic N) is 1. The molecule has 2 aromatic rings. The van der Waals surface area contributed by atoms with Crippen molar-refractivity contribution in [1.29, 1.82) is 0 Å². The number of H-pyrrole nitrogens is 1. The predicted molar refractivity (Wildman–Crippen MR) is 97.4 cm³/mol. The Labute approximate surface area is 163 Å². The molecule has 29 heavy (non-hydrogen) atoms. The van der Waals surface area contributed by atoms with Crippen molar-refractivity contribution in [2.24, 2.45) is 4.99 Å². The van der Waals surface area contributed by atoms with Gasteiger partial charge in [-0.1, -0.05) is 6.08 Å². The van der Waals surface area contributed by atoms with Crippen LogP contribution in [0.15, 0.2) is 23.5 Å². The minimum Gasteiger partial charge on any atom is -0.391 e. The molecule has 154 valence electrons. The van der Waals surface area contributed by atoms with E-state index in [1.165, 1.54) is 11.1 Å². The summed E-state index contributed by atoms with van der Waals surface area (Å²) in [6.45, 7) is -0.627. The average molecular weight is 408 g/mol. The van der Waals surface area contributed by atoms with Crippen LogP contribution < -0.4 is 20.9 Å². The van der Waals surface area contributed by atoms with E-state index in [-0.39, 0.29) is 13.0 Å². The third-order valence-corrected chi connectivity index (χ3v) is 4.87. The number of aromatic nitrogens is 3. The Morgan fingerprint density at radius 1 is 1.41 bits per heavy atom. The molecule has 2 aromatic heterocycles. The maximum absolute atomic E-state index is 12.4. The third-order valence-electron chi connectivity index (χ3n) is 4.87. The van der Waals surface area contributed by atoms with Crippen molar-refractivity contribution in [2.75, 3.05) is 24.5 Å². The van der Waals surface area contributed by atoms with E-state index in [2.05, 4.69) is 19.9 Å². The molecular weight excluding hydrogens is 389 g/mol. The zero-order valence-electron chi connectivity index (χ0n) is 15.3. The van der Waals surface area contributed by atoms with Crippen molar-refractivity contribution >= 4 is 17.8 Å². The van der Waals surface area contributed by atoms with Gasteiger partial charge in [-0.3, -0.25) is 9.79 Å². The van der Waals surface area contributed by atoms with Crippen molar-refractivity contribution in [3.8, 4) is 11.4 Å². The summed E-state index contributed by atoms with van der Waals surface area (Å²) in [5.41, 5.74) is 1.50. The zero-order chi connectivity index (χ0) is 20.6. The number of aromatic amines is 1. The molecule has 1 amide bonds. The summed E-state index contributed by atoms with van der Waals surface area (Å²) < 4.78 is 37.3. The van der Waals surface area contributed by atoms with Crippen molar-refractivity contribution in [1.82, 2.24) is 20.3 Å². The summed E-state index contributed by atoms with van der Waals surface area (Å²) in [5.74, 6) is -0.0317. The number of halogens is 3. The molecule has 0 aromatic carbocycles.